The highest BCUT2D eigenvalue weighted by molar-refractivity contribution is 5.85. The van der Waals surface area contributed by atoms with E-state index in [0.717, 1.165) is 50.5 Å². The fourth-order valence-electron chi connectivity index (χ4n) is 8.63. The fraction of sp³-hybridized carbons (Fsp3) is 0.833. The molecule has 0 amide bonds. The van der Waals surface area contributed by atoms with Crippen molar-refractivity contribution in [1.29, 1.82) is 0 Å². The Bertz CT molecular complexity index is 778. The third-order valence-corrected chi connectivity index (χ3v) is 10.1. The van der Waals surface area contributed by atoms with Crippen molar-refractivity contribution in [2.75, 3.05) is 6.61 Å². The summed E-state index contributed by atoms with van der Waals surface area (Å²) in [4.78, 5) is 23.1. The molecular weight excluding hydrogens is 384 g/mol. The molecule has 1 heterocycles. The fourth-order valence-corrected chi connectivity index (χ4v) is 8.63. The monoisotopic (exact) mass is 418 g/mol. The molecule has 2 N–H and O–H groups in total. The van der Waals surface area contributed by atoms with Crippen molar-refractivity contribution in [1.82, 2.24) is 0 Å². The normalized spacial score (nSPS) is 52.5. The number of ether oxygens (including phenoxy) is 2. The number of hydrogen-bond donors (Lipinski definition) is 2. The molecule has 0 spiro atoms. The number of hydrogen-bond acceptors (Lipinski definition) is 6. The van der Waals surface area contributed by atoms with Crippen LogP contribution < -0.4 is 0 Å². The van der Waals surface area contributed by atoms with Crippen LogP contribution in [-0.2, 0) is 19.1 Å². The molecule has 9 atom stereocenters. The smallest absolute Gasteiger partial charge is 0.331 e. The van der Waals surface area contributed by atoms with Gasteiger partial charge in [0.25, 0.3) is 6.47 Å². The molecule has 0 aromatic rings. The average Bonchev–Trinajstić information content (AvgIpc) is 3.20. The molecule has 0 unspecified atom stereocenters. The summed E-state index contributed by atoms with van der Waals surface area (Å²) in [6.07, 6.45) is 7.90. The van der Waals surface area contributed by atoms with Gasteiger partial charge in [-0.25, -0.2) is 4.79 Å². The van der Waals surface area contributed by atoms with Crippen LogP contribution in [0.25, 0.3) is 0 Å². The third kappa shape index (κ3) is 2.62. The van der Waals surface area contributed by atoms with Crippen LogP contribution in [0, 0.1) is 34.5 Å². The summed E-state index contributed by atoms with van der Waals surface area (Å²) in [6.45, 7) is 5.22. The number of fused-ring (bicyclic) bond motifs is 5. The lowest BCUT2D eigenvalue weighted by atomic mass is 9.43. The lowest BCUT2D eigenvalue weighted by Crippen LogP contribution is -2.62. The van der Waals surface area contributed by atoms with Gasteiger partial charge in [0.05, 0.1) is 11.7 Å². The Balaban J connectivity index is 1.52. The van der Waals surface area contributed by atoms with E-state index in [0.29, 0.717) is 24.7 Å². The summed E-state index contributed by atoms with van der Waals surface area (Å²) in [5.41, 5.74) is -0.405. The first kappa shape index (κ1) is 20.5. The molecule has 6 heteroatoms. The van der Waals surface area contributed by atoms with Gasteiger partial charge in [0.2, 0.25) is 0 Å². The van der Waals surface area contributed by atoms with Crippen LogP contribution in [-0.4, -0.2) is 47.1 Å². The van der Waals surface area contributed by atoms with E-state index in [9.17, 15) is 19.8 Å². The van der Waals surface area contributed by atoms with Crippen molar-refractivity contribution in [3.05, 3.63) is 11.6 Å². The van der Waals surface area contributed by atoms with Gasteiger partial charge in [0, 0.05) is 23.8 Å². The molecule has 166 valence electrons. The van der Waals surface area contributed by atoms with Crippen molar-refractivity contribution in [3.63, 3.8) is 0 Å². The SMILES string of the molecule is C[C@]12CC[C@H](O)C[C@H]1CC[C@@H]1[C@@H]2CC[C@]2(C)[C@@H](C3=CC(=O)OC3)[C@@H](OC=O)C[C@]12O. The zero-order valence-corrected chi connectivity index (χ0v) is 18.0. The minimum Gasteiger partial charge on any atom is -0.464 e. The summed E-state index contributed by atoms with van der Waals surface area (Å²) in [5, 5.41) is 22.5. The first-order valence-electron chi connectivity index (χ1n) is 11.6. The number of carbonyl (C=O) groups excluding carboxylic acids is 2. The maximum absolute atomic E-state index is 12.3. The van der Waals surface area contributed by atoms with E-state index in [1.807, 2.05) is 0 Å². The topological polar surface area (TPSA) is 93.1 Å². The van der Waals surface area contributed by atoms with Gasteiger partial charge < -0.3 is 19.7 Å². The quantitative estimate of drug-likeness (QED) is 0.541. The van der Waals surface area contributed by atoms with Crippen LogP contribution in [0.5, 0.6) is 0 Å². The maximum atomic E-state index is 12.3. The molecular formula is C24H34O6. The molecule has 0 saturated heterocycles. The zero-order chi connectivity index (χ0) is 21.3. The Hall–Kier alpha value is -1.40. The lowest BCUT2D eigenvalue weighted by Gasteiger charge is -2.63. The van der Waals surface area contributed by atoms with Crippen LogP contribution in [0.3, 0.4) is 0 Å². The van der Waals surface area contributed by atoms with E-state index in [4.69, 9.17) is 9.47 Å². The molecule has 0 bridgehead atoms. The number of aliphatic hydroxyl groups excluding tert-OH is 1. The Labute approximate surface area is 178 Å². The number of aliphatic hydroxyl groups is 2. The minimum absolute atomic E-state index is 0.143. The van der Waals surface area contributed by atoms with Crippen molar-refractivity contribution in [2.45, 2.75) is 83.0 Å². The van der Waals surface area contributed by atoms with Crippen LogP contribution in [0.15, 0.2) is 11.6 Å². The summed E-state index contributed by atoms with van der Waals surface area (Å²) in [6, 6.07) is 0. The van der Waals surface area contributed by atoms with Gasteiger partial charge in [-0.05, 0) is 73.7 Å². The summed E-state index contributed by atoms with van der Waals surface area (Å²) in [7, 11) is 0. The van der Waals surface area contributed by atoms with E-state index in [-0.39, 0.29) is 35.9 Å². The standard InChI is InChI=1S/C24H34O6/c1-22-7-5-16(26)10-15(22)3-4-18-17(22)6-8-23(2)21(14-9-20(27)29-12-14)19(30-13-25)11-24(18,23)28/h9,13,15-19,21,26,28H,3-8,10-12H2,1-2H3/t15-,16+,17+,18-,19+,21+,22+,23-,24+/m1/s1. The molecule has 5 aliphatic rings. The van der Waals surface area contributed by atoms with Crippen LogP contribution in [0.1, 0.15) is 65.2 Å². The highest BCUT2D eigenvalue weighted by Crippen LogP contribution is 2.70. The summed E-state index contributed by atoms with van der Waals surface area (Å²) in [5.74, 6) is 0.524. The Kier molecular flexibility index (Phi) is 4.64. The van der Waals surface area contributed by atoms with Crippen LogP contribution >= 0.6 is 0 Å². The average molecular weight is 419 g/mol. The first-order valence-corrected chi connectivity index (χ1v) is 11.6. The number of esters is 1. The first-order chi connectivity index (χ1) is 14.2. The van der Waals surface area contributed by atoms with Crippen molar-refractivity contribution in [3.8, 4) is 0 Å². The van der Waals surface area contributed by atoms with Crippen LogP contribution in [0.2, 0.25) is 0 Å². The molecule has 0 radical (unpaired) electrons. The molecule has 4 saturated carbocycles. The zero-order valence-electron chi connectivity index (χ0n) is 18.0. The van der Waals surface area contributed by atoms with E-state index in [1.165, 1.54) is 6.08 Å². The highest BCUT2D eigenvalue weighted by atomic mass is 16.5. The van der Waals surface area contributed by atoms with E-state index < -0.39 is 17.1 Å². The largest absolute Gasteiger partial charge is 0.464 e. The summed E-state index contributed by atoms with van der Waals surface area (Å²) >= 11 is 0. The second kappa shape index (κ2) is 6.80. The predicted octanol–water partition coefficient (Wildman–Crippen LogP) is 2.76. The maximum Gasteiger partial charge on any atom is 0.331 e. The van der Waals surface area contributed by atoms with E-state index in [1.54, 1.807) is 0 Å². The molecule has 4 fully saturated rings. The van der Waals surface area contributed by atoms with Crippen molar-refractivity contribution in [2.24, 2.45) is 34.5 Å². The molecule has 4 aliphatic carbocycles. The second-order valence-corrected chi connectivity index (χ2v) is 11.1. The molecule has 1 aliphatic heterocycles. The minimum atomic E-state index is -0.940. The number of cyclic esters (lactones) is 1. The van der Waals surface area contributed by atoms with Crippen molar-refractivity contribution >= 4 is 12.4 Å². The van der Waals surface area contributed by atoms with Gasteiger partial charge in [0.1, 0.15) is 12.7 Å². The second-order valence-electron chi connectivity index (χ2n) is 11.1. The van der Waals surface area contributed by atoms with Crippen molar-refractivity contribution < 1.29 is 29.3 Å². The predicted molar refractivity (Wildman–Crippen MR) is 108 cm³/mol. The van der Waals surface area contributed by atoms with E-state index >= 15 is 0 Å². The molecule has 6 nitrogen and oxygen atoms in total. The third-order valence-electron chi connectivity index (χ3n) is 10.1. The molecule has 5 rings (SSSR count). The van der Waals surface area contributed by atoms with Gasteiger partial charge >= 0.3 is 5.97 Å². The van der Waals surface area contributed by atoms with Crippen LogP contribution in [0.4, 0.5) is 0 Å². The summed E-state index contributed by atoms with van der Waals surface area (Å²) < 4.78 is 10.7. The number of rotatable bonds is 3. The van der Waals surface area contributed by atoms with Gasteiger partial charge in [-0.15, -0.1) is 0 Å². The molecule has 0 aromatic carbocycles. The number of carbonyl (C=O) groups is 2. The Morgan fingerprint density at radius 1 is 1.17 bits per heavy atom. The highest BCUT2D eigenvalue weighted by Gasteiger charge is 2.70. The van der Waals surface area contributed by atoms with E-state index in [2.05, 4.69) is 13.8 Å². The van der Waals surface area contributed by atoms with Gasteiger partial charge in [-0.2, -0.15) is 0 Å². The van der Waals surface area contributed by atoms with Gasteiger partial charge in [-0.1, -0.05) is 13.8 Å². The van der Waals surface area contributed by atoms with Gasteiger partial charge in [-0.3, -0.25) is 4.79 Å². The van der Waals surface area contributed by atoms with Gasteiger partial charge in [0.15, 0.2) is 0 Å². The Morgan fingerprint density at radius 3 is 2.67 bits per heavy atom. The molecule has 0 aromatic heterocycles. The lowest BCUT2D eigenvalue weighted by molar-refractivity contribution is -0.208. The Morgan fingerprint density at radius 2 is 1.97 bits per heavy atom. The molecule has 30 heavy (non-hydrogen) atoms.